The van der Waals surface area contributed by atoms with E-state index in [0.717, 1.165) is 25.7 Å². The Hall–Kier alpha value is -0.160. The van der Waals surface area contributed by atoms with Gasteiger partial charge in [-0.3, -0.25) is 0 Å². The largest absolute Gasteiger partial charge is 0.376 e. The van der Waals surface area contributed by atoms with Gasteiger partial charge in [0.25, 0.3) is 0 Å². The molecule has 76 valence electrons. The van der Waals surface area contributed by atoms with Crippen molar-refractivity contribution in [3.63, 3.8) is 0 Å². The van der Waals surface area contributed by atoms with Crippen LogP contribution in [-0.4, -0.2) is 26.9 Å². The normalized spacial score (nSPS) is 31.9. The van der Waals surface area contributed by atoms with Crippen molar-refractivity contribution in [2.75, 3.05) is 12.4 Å². The molecule has 1 saturated heterocycles. The van der Waals surface area contributed by atoms with Crippen LogP contribution in [0.2, 0.25) is 0 Å². The van der Waals surface area contributed by atoms with E-state index in [1.807, 2.05) is 0 Å². The van der Waals surface area contributed by atoms with Gasteiger partial charge in [-0.05, 0) is 24.7 Å². The first-order chi connectivity index (χ1) is 6.02. The lowest BCUT2D eigenvalue weighted by Gasteiger charge is -2.41. The van der Waals surface area contributed by atoms with Crippen LogP contribution in [0.3, 0.4) is 0 Å². The Labute approximate surface area is 77.5 Å². The minimum absolute atomic E-state index is 0.000833. The van der Waals surface area contributed by atoms with Crippen molar-refractivity contribution in [3.05, 3.63) is 0 Å². The highest BCUT2D eigenvalue weighted by Gasteiger charge is 2.49. The van der Waals surface area contributed by atoms with E-state index < -0.39 is 22.1 Å². The van der Waals surface area contributed by atoms with Gasteiger partial charge in [0.15, 0.2) is 0 Å². The van der Waals surface area contributed by atoms with Gasteiger partial charge in [0.05, 0.1) is 6.10 Å². The summed E-state index contributed by atoms with van der Waals surface area (Å²) >= 11 is 0. The minimum Gasteiger partial charge on any atom is -0.376 e. The van der Waals surface area contributed by atoms with Gasteiger partial charge in [-0.1, -0.05) is 6.42 Å². The summed E-state index contributed by atoms with van der Waals surface area (Å²) in [5, 5.41) is 0. The lowest BCUT2D eigenvalue weighted by Crippen LogP contribution is -2.40. The standard InChI is InChI=1S/C8H13FO3S/c9-13(10,11)6-7-8(2-1-3-8)4-5-12-7/h7H,1-6H2. The van der Waals surface area contributed by atoms with Crippen molar-refractivity contribution in [2.45, 2.75) is 31.8 Å². The Morgan fingerprint density at radius 1 is 1.38 bits per heavy atom. The second-order valence-electron chi connectivity index (χ2n) is 4.03. The highest BCUT2D eigenvalue weighted by molar-refractivity contribution is 7.86. The third kappa shape index (κ3) is 1.72. The number of halogens is 1. The number of rotatable bonds is 2. The van der Waals surface area contributed by atoms with Crippen LogP contribution in [-0.2, 0) is 15.0 Å². The highest BCUT2D eigenvalue weighted by atomic mass is 32.3. The van der Waals surface area contributed by atoms with Crippen LogP contribution in [0.4, 0.5) is 3.89 Å². The quantitative estimate of drug-likeness (QED) is 0.641. The summed E-state index contributed by atoms with van der Waals surface area (Å²) < 4.78 is 38.6. The molecule has 0 aromatic rings. The molecule has 1 unspecified atom stereocenters. The van der Waals surface area contributed by atoms with Crippen molar-refractivity contribution >= 4 is 10.2 Å². The van der Waals surface area contributed by atoms with Crippen LogP contribution in [0.1, 0.15) is 25.7 Å². The van der Waals surface area contributed by atoms with E-state index in [1.54, 1.807) is 0 Å². The number of ether oxygens (including phenoxy) is 1. The zero-order valence-corrected chi connectivity index (χ0v) is 8.15. The van der Waals surface area contributed by atoms with Crippen LogP contribution < -0.4 is 0 Å². The molecular weight excluding hydrogens is 195 g/mol. The fourth-order valence-electron chi connectivity index (χ4n) is 2.35. The highest BCUT2D eigenvalue weighted by Crippen LogP contribution is 2.51. The van der Waals surface area contributed by atoms with Gasteiger partial charge >= 0.3 is 10.2 Å². The molecule has 1 spiro atoms. The molecule has 1 heterocycles. The summed E-state index contributed by atoms with van der Waals surface area (Å²) in [5.74, 6) is -0.451. The Bertz CT molecular complexity index is 295. The summed E-state index contributed by atoms with van der Waals surface area (Å²) in [6.45, 7) is 0.584. The molecular formula is C8H13FO3S. The third-order valence-electron chi connectivity index (χ3n) is 3.30. The Kier molecular flexibility index (Phi) is 2.11. The second kappa shape index (κ2) is 2.92. The van der Waals surface area contributed by atoms with Crippen LogP contribution in [0.5, 0.6) is 0 Å². The average Bonchev–Trinajstić information content (AvgIpc) is 2.25. The molecule has 0 N–H and O–H groups in total. The first-order valence-electron chi connectivity index (χ1n) is 4.56. The van der Waals surface area contributed by atoms with Gasteiger partial charge < -0.3 is 4.74 Å². The predicted molar refractivity (Wildman–Crippen MR) is 45.5 cm³/mol. The molecule has 2 aliphatic rings. The predicted octanol–water partition coefficient (Wildman–Crippen LogP) is 1.24. The van der Waals surface area contributed by atoms with Crippen molar-refractivity contribution in [1.82, 2.24) is 0 Å². The molecule has 13 heavy (non-hydrogen) atoms. The molecule has 2 rings (SSSR count). The fourth-order valence-corrected chi connectivity index (χ4v) is 3.16. The molecule has 1 aliphatic heterocycles. The van der Waals surface area contributed by atoms with E-state index in [1.165, 1.54) is 0 Å². The van der Waals surface area contributed by atoms with Crippen LogP contribution >= 0.6 is 0 Å². The van der Waals surface area contributed by atoms with Gasteiger partial charge in [0.1, 0.15) is 5.75 Å². The van der Waals surface area contributed by atoms with E-state index in [4.69, 9.17) is 4.74 Å². The Balaban J connectivity index is 2.06. The van der Waals surface area contributed by atoms with Gasteiger partial charge in [-0.15, -0.1) is 3.89 Å². The molecule has 0 radical (unpaired) electrons. The van der Waals surface area contributed by atoms with Crippen molar-refractivity contribution < 1.29 is 17.0 Å². The zero-order chi connectivity index (χ0) is 9.53. The van der Waals surface area contributed by atoms with Crippen LogP contribution in [0, 0.1) is 5.41 Å². The van der Waals surface area contributed by atoms with Gasteiger partial charge in [0, 0.05) is 6.61 Å². The van der Waals surface area contributed by atoms with Crippen LogP contribution in [0.25, 0.3) is 0 Å². The van der Waals surface area contributed by atoms with Gasteiger partial charge in [-0.25, -0.2) is 0 Å². The zero-order valence-electron chi connectivity index (χ0n) is 7.33. The van der Waals surface area contributed by atoms with E-state index in [0.29, 0.717) is 6.61 Å². The van der Waals surface area contributed by atoms with Gasteiger partial charge in [0.2, 0.25) is 0 Å². The smallest absolute Gasteiger partial charge is 0.304 e. The molecule has 3 nitrogen and oxygen atoms in total. The maximum Gasteiger partial charge on any atom is 0.304 e. The number of hydrogen-bond donors (Lipinski definition) is 0. The molecule has 5 heteroatoms. The SMILES string of the molecule is O=S(=O)(F)CC1OCCC12CCC2. The summed E-state index contributed by atoms with van der Waals surface area (Å²) in [7, 11) is -4.38. The molecule has 0 bridgehead atoms. The summed E-state index contributed by atoms with van der Waals surface area (Å²) in [5.41, 5.74) is -0.000833. The maximum absolute atomic E-state index is 12.4. The topological polar surface area (TPSA) is 43.4 Å². The first kappa shape index (κ1) is 9.40. The van der Waals surface area contributed by atoms with Crippen molar-refractivity contribution in [1.29, 1.82) is 0 Å². The summed E-state index contributed by atoms with van der Waals surface area (Å²) in [4.78, 5) is 0. The van der Waals surface area contributed by atoms with E-state index in [9.17, 15) is 12.3 Å². The average molecular weight is 208 g/mol. The second-order valence-corrected chi connectivity index (χ2v) is 5.44. The maximum atomic E-state index is 12.4. The Morgan fingerprint density at radius 3 is 2.54 bits per heavy atom. The Morgan fingerprint density at radius 2 is 2.08 bits per heavy atom. The van der Waals surface area contributed by atoms with Crippen molar-refractivity contribution in [3.8, 4) is 0 Å². The van der Waals surface area contributed by atoms with Crippen LogP contribution in [0.15, 0.2) is 0 Å². The fraction of sp³-hybridized carbons (Fsp3) is 1.00. The minimum atomic E-state index is -4.38. The molecule has 0 aromatic carbocycles. The lowest BCUT2D eigenvalue weighted by atomic mass is 9.65. The van der Waals surface area contributed by atoms with E-state index in [2.05, 4.69) is 0 Å². The summed E-state index contributed by atoms with van der Waals surface area (Å²) in [6.07, 6.45) is 3.61. The monoisotopic (exact) mass is 208 g/mol. The van der Waals surface area contributed by atoms with Gasteiger partial charge in [-0.2, -0.15) is 8.42 Å². The molecule has 0 amide bonds. The lowest BCUT2D eigenvalue weighted by molar-refractivity contribution is 0.0188. The van der Waals surface area contributed by atoms with E-state index in [-0.39, 0.29) is 5.41 Å². The van der Waals surface area contributed by atoms with E-state index >= 15 is 0 Å². The summed E-state index contributed by atoms with van der Waals surface area (Å²) in [6, 6.07) is 0. The molecule has 1 aliphatic carbocycles. The molecule has 0 aromatic heterocycles. The van der Waals surface area contributed by atoms with Crippen molar-refractivity contribution in [2.24, 2.45) is 5.41 Å². The third-order valence-corrected chi connectivity index (χ3v) is 4.00. The molecule has 1 saturated carbocycles. The number of hydrogen-bond acceptors (Lipinski definition) is 3. The molecule has 2 fully saturated rings. The first-order valence-corrected chi connectivity index (χ1v) is 6.11. The molecule has 1 atom stereocenters.